The van der Waals surface area contributed by atoms with Crippen LogP contribution in [-0.2, 0) is 12.7 Å². The molecule has 0 aliphatic rings. The van der Waals surface area contributed by atoms with Gasteiger partial charge in [-0.1, -0.05) is 42.5 Å². The first kappa shape index (κ1) is 21.2. The van der Waals surface area contributed by atoms with E-state index < -0.39 is 17.6 Å². The van der Waals surface area contributed by atoms with Crippen molar-refractivity contribution in [2.75, 3.05) is 24.4 Å². The van der Waals surface area contributed by atoms with Crippen LogP contribution in [0.1, 0.15) is 21.5 Å². The minimum atomic E-state index is -4.53. The zero-order valence-electron chi connectivity index (χ0n) is 16.5. The van der Waals surface area contributed by atoms with Gasteiger partial charge in [-0.25, -0.2) is 0 Å². The molecule has 0 aliphatic heterocycles. The molecule has 0 saturated heterocycles. The van der Waals surface area contributed by atoms with Crippen LogP contribution in [0, 0.1) is 0 Å². The summed E-state index contributed by atoms with van der Waals surface area (Å²) in [5.74, 6) is -0.220. The SMILES string of the molecule is COc1ccccc1C(=O)Nc1cc(C(F)(F)F)ccc1N(C)Cc1ccccc1. The lowest BCUT2D eigenvalue weighted by Gasteiger charge is -2.24. The number of carbonyl (C=O) groups excluding carboxylic acids is 1. The molecule has 0 aromatic heterocycles. The van der Waals surface area contributed by atoms with E-state index in [1.54, 1.807) is 36.2 Å². The second kappa shape index (κ2) is 8.90. The molecule has 0 aliphatic carbocycles. The predicted molar refractivity (Wildman–Crippen MR) is 111 cm³/mol. The number of carbonyl (C=O) groups is 1. The minimum Gasteiger partial charge on any atom is -0.496 e. The number of para-hydroxylation sites is 1. The van der Waals surface area contributed by atoms with E-state index in [2.05, 4.69) is 5.32 Å². The quantitative estimate of drug-likeness (QED) is 0.571. The Hall–Kier alpha value is -3.48. The average Bonchev–Trinajstić information content (AvgIpc) is 2.73. The fraction of sp³-hybridized carbons (Fsp3) is 0.174. The lowest BCUT2D eigenvalue weighted by atomic mass is 10.1. The number of hydrogen-bond acceptors (Lipinski definition) is 3. The van der Waals surface area contributed by atoms with Gasteiger partial charge in [-0.05, 0) is 35.9 Å². The van der Waals surface area contributed by atoms with Crippen LogP contribution < -0.4 is 15.0 Å². The fourth-order valence-corrected chi connectivity index (χ4v) is 3.11. The van der Waals surface area contributed by atoms with Gasteiger partial charge in [-0.3, -0.25) is 4.79 Å². The van der Waals surface area contributed by atoms with Crippen LogP contribution in [0.3, 0.4) is 0 Å². The first-order valence-electron chi connectivity index (χ1n) is 9.20. The number of methoxy groups -OCH3 is 1. The molecule has 3 rings (SSSR count). The molecule has 1 amide bonds. The highest BCUT2D eigenvalue weighted by Crippen LogP contribution is 2.36. The zero-order valence-corrected chi connectivity index (χ0v) is 16.5. The van der Waals surface area contributed by atoms with E-state index in [1.165, 1.54) is 13.2 Å². The predicted octanol–water partition coefficient (Wildman–Crippen LogP) is 5.60. The van der Waals surface area contributed by atoms with Gasteiger partial charge in [0.05, 0.1) is 29.6 Å². The summed E-state index contributed by atoms with van der Waals surface area (Å²) in [7, 11) is 3.18. The zero-order chi connectivity index (χ0) is 21.7. The number of amides is 1. The largest absolute Gasteiger partial charge is 0.496 e. The average molecular weight is 414 g/mol. The van der Waals surface area contributed by atoms with E-state index in [0.29, 0.717) is 18.0 Å². The molecule has 156 valence electrons. The number of anilines is 2. The molecule has 0 atom stereocenters. The van der Waals surface area contributed by atoms with Gasteiger partial charge in [-0.2, -0.15) is 13.2 Å². The van der Waals surface area contributed by atoms with Crippen molar-refractivity contribution < 1.29 is 22.7 Å². The van der Waals surface area contributed by atoms with Gasteiger partial charge in [0, 0.05) is 13.6 Å². The highest BCUT2D eigenvalue weighted by molar-refractivity contribution is 6.07. The van der Waals surface area contributed by atoms with Crippen LogP contribution in [0.25, 0.3) is 0 Å². The second-order valence-electron chi connectivity index (χ2n) is 6.73. The summed E-state index contributed by atoms with van der Waals surface area (Å²) in [6.45, 7) is 0.462. The highest BCUT2D eigenvalue weighted by atomic mass is 19.4. The van der Waals surface area contributed by atoms with Crippen LogP contribution in [0.5, 0.6) is 5.75 Å². The summed E-state index contributed by atoms with van der Waals surface area (Å²) >= 11 is 0. The minimum absolute atomic E-state index is 0.0687. The summed E-state index contributed by atoms with van der Waals surface area (Å²) in [6.07, 6.45) is -4.53. The van der Waals surface area contributed by atoms with Crippen LogP contribution >= 0.6 is 0 Å². The van der Waals surface area contributed by atoms with Gasteiger partial charge in [-0.15, -0.1) is 0 Å². The molecule has 1 N–H and O–H groups in total. The third-order valence-electron chi connectivity index (χ3n) is 4.60. The summed E-state index contributed by atoms with van der Waals surface area (Å²) in [6, 6.07) is 19.4. The smallest absolute Gasteiger partial charge is 0.416 e. The molecule has 0 fully saturated rings. The molecule has 0 saturated carbocycles. The lowest BCUT2D eigenvalue weighted by molar-refractivity contribution is -0.137. The van der Waals surface area contributed by atoms with E-state index >= 15 is 0 Å². The maximum Gasteiger partial charge on any atom is 0.416 e. The molecule has 7 heteroatoms. The van der Waals surface area contributed by atoms with Gasteiger partial charge >= 0.3 is 6.18 Å². The summed E-state index contributed by atoms with van der Waals surface area (Å²) in [5, 5.41) is 2.62. The molecule has 0 heterocycles. The molecule has 3 aromatic rings. The monoisotopic (exact) mass is 414 g/mol. The van der Waals surface area contributed by atoms with Crippen molar-refractivity contribution in [3.63, 3.8) is 0 Å². The second-order valence-corrected chi connectivity index (χ2v) is 6.73. The number of halogens is 3. The first-order valence-corrected chi connectivity index (χ1v) is 9.20. The van der Waals surface area contributed by atoms with Gasteiger partial charge in [0.2, 0.25) is 0 Å². The number of hydrogen-bond donors (Lipinski definition) is 1. The number of nitrogens with one attached hydrogen (secondary N) is 1. The molecule has 0 bridgehead atoms. The van der Waals surface area contributed by atoms with Gasteiger partial charge in [0.25, 0.3) is 5.91 Å². The van der Waals surface area contributed by atoms with E-state index in [0.717, 1.165) is 17.7 Å². The summed E-state index contributed by atoms with van der Waals surface area (Å²) < 4.78 is 45.0. The van der Waals surface area contributed by atoms with Crippen LogP contribution in [0.4, 0.5) is 24.5 Å². The Kier molecular flexibility index (Phi) is 6.30. The molecule has 30 heavy (non-hydrogen) atoms. The highest BCUT2D eigenvalue weighted by Gasteiger charge is 2.31. The van der Waals surface area contributed by atoms with Crippen LogP contribution in [0.15, 0.2) is 72.8 Å². The summed E-state index contributed by atoms with van der Waals surface area (Å²) in [5.41, 5.74) is 0.917. The van der Waals surface area contributed by atoms with E-state index in [1.807, 2.05) is 30.3 Å². The van der Waals surface area contributed by atoms with Crippen molar-refractivity contribution in [3.05, 3.63) is 89.5 Å². The fourth-order valence-electron chi connectivity index (χ4n) is 3.11. The maximum absolute atomic E-state index is 13.3. The number of rotatable bonds is 6. The lowest BCUT2D eigenvalue weighted by Crippen LogP contribution is -2.21. The van der Waals surface area contributed by atoms with Crippen LogP contribution in [-0.4, -0.2) is 20.1 Å². The van der Waals surface area contributed by atoms with Crippen molar-refractivity contribution in [1.29, 1.82) is 0 Å². The molecule has 3 aromatic carbocycles. The number of alkyl halides is 3. The Bertz CT molecular complexity index is 1020. The van der Waals surface area contributed by atoms with Crippen molar-refractivity contribution in [2.24, 2.45) is 0 Å². The van der Waals surface area contributed by atoms with E-state index in [-0.39, 0.29) is 11.3 Å². The molecule has 0 radical (unpaired) electrons. The topological polar surface area (TPSA) is 41.6 Å². The Labute approximate surface area is 172 Å². The first-order chi connectivity index (χ1) is 14.3. The third-order valence-corrected chi connectivity index (χ3v) is 4.60. The number of nitrogens with zero attached hydrogens (tertiary/aromatic N) is 1. The van der Waals surface area contributed by atoms with Gasteiger partial charge < -0.3 is 15.0 Å². The van der Waals surface area contributed by atoms with E-state index in [9.17, 15) is 18.0 Å². The van der Waals surface area contributed by atoms with Crippen LogP contribution in [0.2, 0.25) is 0 Å². The standard InChI is InChI=1S/C23H21F3N2O2/c1-28(15-16-8-4-3-5-9-16)20-13-12-17(23(24,25)26)14-19(20)27-22(29)18-10-6-7-11-21(18)30-2/h3-14H,15H2,1-2H3,(H,27,29). The third kappa shape index (κ3) is 4.92. The maximum atomic E-state index is 13.3. The normalized spacial score (nSPS) is 11.1. The van der Waals surface area contributed by atoms with Crippen molar-refractivity contribution in [1.82, 2.24) is 0 Å². The van der Waals surface area contributed by atoms with Gasteiger partial charge in [0.1, 0.15) is 5.75 Å². The molecule has 0 spiro atoms. The van der Waals surface area contributed by atoms with E-state index in [4.69, 9.17) is 4.74 Å². The van der Waals surface area contributed by atoms with Crippen molar-refractivity contribution >= 4 is 17.3 Å². The van der Waals surface area contributed by atoms with Gasteiger partial charge in [0.15, 0.2) is 0 Å². The molecular formula is C23H21F3N2O2. The summed E-state index contributed by atoms with van der Waals surface area (Å²) in [4.78, 5) is 14.6. The molecule has 0 unspecified atom stereocenters. The van der Waals surface area contributed by atoms with Crippen molar-refractivity contribution in [2.45, 2.75) is 12.7 Å². The van der Waals surface area contributed by atoms with Crippen molar-refractivity contribution in [3.8, 4) is 5.75 Å². The Balaban J connectivity index is 1.96. The molecular weight excluding hydrogens is 393 g/mol. The Morgan fingerprint density at radius 1 is 1.00 bits per heavy atom. The Morgan fingerprint density at radius 2 is 1.67 bits per heavy atom. The Morgan fingerprint density at radius 3 is 2.33 bits per heavy atom. The number of ether oxygens (including phenoxy) is 1. The number of benzene rings is 3. The molecule has 4 nitrogen and oxygen atoms in total.